The summed E-state index contributed by atoms with van der Waals surface area (Å²) in [6.45, 7) is 9.83. The fourth-order valence-corrected chi connectivity index (χ4v) is 10.6. The summed E-state index contributed by atoms with van der Waals surface area (Å²) in [4.78, 5) is 0. The molecule has 0 N–H and O–H groups in total. The normalized spacial score (nSPS) is 15.2. The van der Waals surface area contributed by atoms with Crippen molar-refractivity contribution in [1.29, 1.82) is 0 Å². The Morgan fingerprint density at radius 1 is 0.351 bits per heavy atom. The fourth-order valence-electron chi connectivity index (χ4n) is 10.6. The summed E-state index contributed by atoms with van der Waals surface area (Å²) in [5.74, 6) is 0. The van der Waals surface area contributed by atoms with Gasteiger partial charge in [0.1, 0.15) is 0 Å². The van der Waals surface area contributed by atoms with Crippen molar-refractivity contribution in [1.82, 2.24) is 13.7 Å². The van der Waals surface area contributed by atoms with Crippen LogP contribution in [0, 0.1) is 0 Å². The predicted octanol–water partition coefficient (Wildman–Crippen LogP) is 14.5. The Labute approximate surface area is 332 Å². The monoisotopic (exact) mass is 733 g/mol. The van der Waals surface area contributed by atoms with Crippen molar-refractivity contribution < 1.29 is 0 Å². The Morgan fingerprint density at radius 2 is 0.860 bits per heavy atom. The Morgan fingerprint density at radius 3 is 1.56 bits per heavy atom. The third-order valence-electron chi connectivity index (χ3n) is 13.4. The van der Waals surface area contributed by atoms with E-state index in [1.165, 1.54) is 99.4 Å². The molecule has 0 atom stereocenters. The van der Waals surface area contributed by atoms with Crippen molar-refractivity contribution >= 4 is 76.2 Å². The van der Waals surface area contributed by atoms with Gasteiger partial charge in [-0.15, -0.1) is 0 Å². The van der Waals surface area contributed by atoms with Gasteiger partial charge in [0.05, 0.1) is 33.1 Å². The average Bonchev–Trinajstić information content (AvgIpc) is 3.87. The number of fused-ring (bicyclic) bond motifs is 13. The van der Waals surface area contributed by atoms with Gasteiger partial charge < -0.3 is 13.7 Å². The summed E-state index contributed by atoms with van der Waals surface area (Å²) in [6, 6.07) is 61.1. The zero-order valence-corrected chi connectivity index (χ0v) is 32.8. The first kappa shape index (κ1) is 32.6. The van der Waals surface area contributed by atoms with Gasteiger partial charge in [0.2, 0.25) is 0 Å². The van der Waals surface area contributed by atoms with Crippen LogP contribution in [-0.4, -0.2) is 13.7 Å². The minimum Gasteiger partial charge on any atom is -0.309 e. The van der Waals surface area contributed by atoms with E-state index >= 15 is 0 Å². The maximum atomic E-state index is 2.57. The standard InChI is InChI=1S/C54H43N3/c1-53(2)29-30-54(3,4)52-43(53)26-28-47-51(52)42-33-48-41(50-38-20-9-8-15-34(38)25-27-46(50)55(48)35-16-6-5-7-17-35)32-49(42)57(47)37-19-14-18-36(31-37)56-44-23-12-10-21-39(44)40-22-11-13-24-45(40)56/h5-28,31-33H,29-30H2,1-4H3. The number of rotatable bonds is 3. The SMILES string of the molecule is CC1(C)CCC(C)(C)c2c1ccc1c2c2cc3c(cc2n1-c1cccc(-n2c4ccccc4c4ccccc42)c1)c1c2ccccc2ccc1n3-c1ccccc1. The van der Waals surface area contributed by atoms with Gasteiger partial charge in [0.15, 0.2) is 0 Å². The lowest BCUT2D eigenvalue weighted by Crippen LogP contribution is -2.34. The van der Waals surface area contributed by atoms with Crippen molar-refractivity contribution in [2.24, 2.45) is 0 Å². The number of para-hydroxylation sites is 3. The van der Waals surface area contributed by atoms with E-state index < -0.39 is 0 Å². The fraction of sp³-hybridized carbons (Fsp3) is 0.148. The minimum atomic E-state index is 0.0194. The second kappa shape index (κ2) is 11.5. The van der Waals surface area contributed by atoms with Crippen molar-refractivity contribution in [3.8, 4) is 17.1 Å². The lowest BCUT2D eigenvalue weighted by molar-refractivity contribution is 0.334. The molecule has 0 spiro atoms. The Bertz CT molecular complexity index is 3410. The van der Waals surface area contributed by atoms with Crippen molar-refractivity contribution in [3.05, 3.63) is 175 Å². The van der Waals surface area contributed by atoms with Gasteiger partial charge in [0, 0.05) is 49.4 Å². The summed E-state index contributed by atoms with van der Waals surface area (Å²) in [5, 5.41) is 10.4. The molecule has 3 nitrogen and oxygen atoms in total. The minimum absolute atomic E-state index is 0.0194. The molecule has 0 aliphatic heterocycles. The molecule has 12 rings (SSSR count). The first-order valence-corrected chi connectivity index (χ1v) is 20.4. The average molecular weight is 734 g/mol. The molecule has 0 radical (unpaired) electrons. The van der Waals surface area contributed by atoms with E-state index in [-0.39, 0.29) is 10.8 Å². The summed E-state index contributed by atoms with van der Waals surface area (Å²) in [5.41, 5.74) is 14.0. The van der Waals surface area contributed by atoms with Crippen LogP contribution in [0.2, 0.25) is 0 Å². The van der Waals surface area contributed by atoms with E-state index in [9.17, 15) is 0 Å². The Kier molecular flexibility index (Phi) is 6.58. The number of hydrogen-bond donors (Lipinski definition) is 0. The quantitative estimate of drug-likeness (QED) is 0.172. The van der Waals surface area contributed by atoms with Crippen molar-refractivity contribution in [2.45, 2.75) is 51.4 Å². The molecule has 3 heteroatoms. The van der Waals surface area contributed by atoms with Crippen molar-refractivity contribution in [3.63, 3.8) is 0 Å². The van der Waals surface area contributed by atoms with Crippen LogP contribution < -0.4 is 0 Å². The molecule has 1 aliphatic carbocycles. The molecule has 57 heavy (non-hydrogen) atoms. The van der Waals surface area contributed by atoms with Gasteiger partial charge in [-0.25, -0.2) is 0 Å². The summed E-state index contributed by atoms with van der Waals surface area (Å²) in [6.07, 6.45) is 2.33. The van der Waals surface area contributed by atoms with E-state index in [4.69, 9.17) is 0 Å². The lowest BCUT2D eigenvalue weighted by Gasteiger charge is -2.42. The molecule has 0 amide bonds. The number of benzene rings is 8. The van der Waals surface area contributed by atoms with Crippen LogP contribution in [0.1, 0.15) is 51.7 Å². The third kappa shape index (κ3) is 4.48. The first-order chi connectivity index (χ1) is 27.8. The molecule has 0 saturated heterocycles. The molecule has 0 unspecified atom stereocenters. The molecule has 3 aromatic heterocycles. The molecule has 11 aromatic rings. The number of nitrogens with zero attached hydrogens (tertiary/aromatic N) is 3. The zero-order valence-electron chi connectivity index (χ0n) is 32.8. The van der Waals surface area contributed by atoms with E-state index in [2.05, 4.69) is 205 Å². The lowest BCUT2D eigenvalue weighted by atomic mass is 9.62. The van der Waals surface area contributed by atoms with E-state index in [1.807, 2.05) is 0 Å². The maximum absolute atomic E-state index is 2.57. The Hall–Kier alpha value is -6.58. The van der Waals surface area contributed by atoms with Crippen LogP contribution in [-0.2, 0) is 10.8 Å². The van der Waals surface area contributed by atoms with E-state index in [0.717, 1.165) is 17.8 Å². The van der Waals surface area contributed by atoms with Crippen molar-refractivity contribution in [2.75, 3.05) is 0 Å². The highest BCUT2D eigenvalue weighted by Crippen LogP contribution is 2.52. The van der Waals surface area contributed by atoms with E-state index in [0.29, 0.717) is 0 Å². The molecule has 274 valence electrons. The molecule has 0 saturated carbocycles. The predicted molar refractivity (Wildman–Crippen MR) is 242 cm³/mol. The van der Waals surface area contributed by atoms with Crippen LogP contribution in [0.25, 0.3) is 93.3 Å². The molecule has 0 fully saturated rings. The summed E-state index contributed by atoms with van der Waals surface area (Å²) < 4.78 is 7.50. The zero-order chi connectivity index (χ0) is 38.2. The number of aromatic nitrogens is 3. The second-order valence-electron chi connectivity index (χ2n) is 17.6. The van der Waals surface area contributed by atoms with Gasteiger partial charge in [-0.3, -0.25) is 0 Å². The maximum Gasteiger partial charge on any atom is 0.0549 e. The van der Waals surface area contributed by atoms with Gasteiger partial charge in [0.25, 0.3) is 0 Å². The third-order valence-corrected chi connectivity index (χ3v) is 13.4. The summed E-state index contributed by atoms with van der Waals surface area (Å²) in [7, 11) is 0. The second-order valence-corrected chi connectivity index (χ2v) is 17.6. The highest BCUT2D eigenvalue weighted by Gasteiger charge is 2.39. The van der Waals surface area contributed by atoms with Gasteiger partial charge >= 0.3 is 0 Å². The van der Waals surface area contributed by atoms with E-state index in [1.54, 1.807) is 0 Å². The summed E-state index contributed by atoms with van der Waals surface area (Å²) >= 11 is 0. The molecular formula is C54H43N3. The number of hydrogen-bond acceptors (Lipinski definition) is 0. The largest absolute Gasteiger partial charge is 0.309 e. The molecule has 0 bridgehead atoms. The van der Waals surface area contributed by atoms with Crippen LogP contribution in [0.4, 0.5) is 0 Å². The van der Waals surface area contributed by atoms with Crippen LogP contribution in [0.3, 0.4) is 0 Å². The van der Waals surface area contributed by atoms with Gasteiger partial charge in [-0.1, -0.05) is 125 Å². The van der Waals surface area contributed by atoms with Crippen LogP contribution in [0.15, 0.2) is 164 Å². The van der Waals surface area contributed by atoms with Crippen LogP contribution >= 0.6 is 0 Å². The molecular weight excluding hydrogens is 691 g/mol. The molecule has 8 aromatic carbocycles. The van der Waals surface area contributed by atoms with Gasteiger partial charge in [-0.2, -0.15) is 0 Å². The highest BCUT2D eigenvalue weighted by atomic mass is 15.0. The highest BCUT2D eigenvalue weighted by molar-refractivity contribution is 6.25. The molecule has 1 aliphatic rings. The van der Waals surface area contributed by atoms with Gasteiger partial charge in [-0.05, 0) is 112 Å². The Balaban J connectivity index is 1.25. The smallest absolute Gasteiger partial charge is 0.0549 e. The first-order valence-electron chi connectivity index (χ1n) is 20.4. The topological polar surface area (TPSA) is 14.8 Å². The molecule has 3 heterocycles. The van der Waals surface area contributed by atoms with Crippen LogP contribution in [0.5, 0.6) is 0 Å².